The van der Waals surface area contributed by atoms with Crippen molar-refractivity contribution in [2.24, 2.45) is 5.73 Å². The summed E-state index contributed by atoms with van der Waals surface area (Å²) in [5, 5.41) is 2.90. The zero-order valence-corrected chi connectivity index (χ0v) is 12.1. The molecular weight excluding hydrogens is 264 g/mol. The molecule has 4 heteroatoms. The van der Waals surface area contributed by atoms with Gasteiger partial charge in [-0.25, -0.2) is 0 Å². The number of hydrogen-bond donors (Lipinski definition) is 2. The van der Waals surface area contributed by atoms with Crippen LogP contribution in [0.15, 0.2) is 48.5 Å². The van der Waals surface area contributed by atoms with Gasteiger partial charge >= 0.3 is 0 Å². The Balaban J connectivity index is 1.94. The van der Waals surface area contributed by atoms with Crippen LogP contribution in [0.5, 0.6) is 5.75 Å². The van der Waals surface area contributed by atoms with Crippen molar-refractivity contribution in [1.29, 1.82) is 0 Å². The number of hydrogen-bond acceptors (Lipinski definition) is 3. The first-order valence-corrected chi connectivity index (χ1v) is 7.02. The van der Waals surface area contributed by atoms with E-state index in [1.165, 1.54) is 0 Å². The molecule has 2 rings (SSSR count). The number of carbonyl (C=O) groups excluding carboxylic acids is 1. The van der Waals surface area contributed by atoms with E-state index in [1.54, 1.807) is 24.3 Å². The van der Waals surface area contributed by atoms with Crippen molar-refractivity contribution >= 4 is 5.91 Å². The van der Waals surface area contributed by atoms with Crippen LogP contribution < -0.4 is 15.8 Å². The summed E-state index contributed by atoms with van der Waals surface area (Å²) in [6.45, 7) is 3.53. The van der Waals surface area contributed by atoms with Crippen LogP contribution in [0.2, 0.25) is 0 Å². The summed E-state index contributed by atoms with van der Waals surface area (Å²) in [6, 6.07) is 15.0. The molecule has 3 N–H and O–H groups in total. The monoisotopic (exact) mass is 284 g/mol. The van der Waals surface area contributed by atoms with Gasteiger partial charge in [0.25, 0.3) is 5.91 Å². The molecule has 2 aromatic rings. The van der Waals surface area contributed by atoms with E-state index in [-0.39, 0.29) is 5.91 Å². The number of nitrogens with one attached hydrogen (secondary N) is 1. The molecule has 4 nitrogen and oxygen atoms in total. The predicted octanol–water partition coefficient (Wildman–Crippen LogP) is 2.47. The van der Waals surface area contributed by atoms with Gasteiger partial charge in [0.15, 0.2) is 0 Å². The summed E-state index contributed by atoms with van der Waals surface area (Å²) >= 11 is 0. The Labute approximate surface area is 124 Å². The first-order chi connectivity index (χ1) is 10.2. The molecular formula is C17H20N2O2. The molecule has 0 heterocycles. The molecule has 21 heavy (non-hydrogen) atoms. The normalized spacial score (nSPS) is 10.2. The van der Waals surface area contributed by atoms with Gasteiger partial charge in [0, 0.05) is 18.7 Å². The van der Waals surface area contributed by atoms with Crippen molar-refractivity contribution in [3.63, 3.8) is 0 Å². The molecule has 0 atom stereocenters. The zero-order valence-electron chi connectivity index (χ0n) is 12.1. The van der Waals surface area contributed by atoms with Crippen molar-refractivity contribution in [2.45, 2.75) is 20.0 Å². The van der Waals surface area contributed by atoms with Crippen molar-refractivity contribution in [2.75, 3.05) is 6.61 Å². The third kappa shape index (κ3) is 4.33. The smallest absolute Gasteiger partial charge is 0.251 e. The Hall–Kier alpha value is -2.33. The van der Waals surface area contributed by atoms with Gasteiger partial charge in [0.05, 0.1) is 6.61 Å². The lowest BCUT2D eigenvalue weighted by Crippen LogP contribution is -2.22. The fourth-order valence-electron chi connectivity index (χ4n) is 2.02. The van der Waals surface area contributed by atoms with E-state index in [9.17, 15) is 4.79 Å². The van der Waals surface area contributed by atoms with Gasteiger partial charge < -0.3 is 15.8 Å². The molecule has 0 fully saturated rings. The van der Waals surface area contributed by atoms with Crippen LogP contribution >= 0.6 is 0 Å². The lowest BCUT2D eigenvalue weighted by molar-refractivity contribution is 0.0951. The zero-order chi connectivity index (χ0) is 15.1. The number of carbonyl (C=O) groups is 1. The fourth-order valence-corrected chi connectivity index (χ4v) is 2.02. The molecule has 1 amide bonds. The maximum absolute atomic E-state index is 12.1. The number of nitrogens with two attached hydrogens (primary N) is 1. The molecule has 0 aliphatic rings. The van der Waals surface area contributed by atoms with Crippen LogP contribution in [0, 0.1) is 0 Å². The summed E-state index contributed by atoms with van der Waals surface area (Å²) in [5.41, 5.74) is 8.32. The van der Waals surface area contributed by atoms with E-state index in [0.717, 1.165) is 16.9 Å². The van der Waals surface area contributed by atoms with Crippen molar-refractivity contribution in [3.8, 4) is 5.75 Å². The molecule has 0 spiro atoms. The van der Waals surface area contributed by atoms with E-state index >= 15 is 0 Å². The summed E-state index contributed by atoms with van der Waals surface area (Å²) in [5.74, 6) is 0.667. The van der Waals surface area contributed by atoms with E-state index in [2.05, 4.69) is 5.32 Å². The standard InChI is InChI=1S/C17H20N2O2/c1-2-21-16-8-6-15(7-9-16)17(20)19-12-14-5-3-4-13(10-14)11-18/h3-10H,2,11-12,18H2,1H3,(H,19,20). The van der Waals surface area contributed by atoms with E-state index in [0.29, 0.717) is 25.3 Å². The topological polar surface area (TPSA) is 64.3 Å². The van der Waals surface area contributed by atoms with Crippen LogP contribution in [0.25, 0.3) is 0 Å². The van der Waals surface area contributed by atoms with Crippen molar-refractivity contribution < 1.29 is 9.53 Å². The Morgan fingerprint density at radius 1 is 1.14 bits per heavy atom. The van der Waals surface area contributed by atoms with Crippen molar-refractivity contribution in [3.05, 3.63) is 65.2 Å². The first kappa shape index (κ1) is 15.1. The molecule has 110 valence electrons. The highest BCUT2D eigenvalue weighted by Crippen LogP contribution is 2.12. The van der Waals surface area contributed by atoms with Gasteiger partial charge in [-0.1, -0.05) is 24.3 Å². The molecule has 0 saturated heterocycles. The largest absolute Gasteiger partial charge is 0.494 e. The average molecular weight is 284 g/mol. The molecule has 0 aliphatic carbocycles. The highest BCUT2D eigenvalue weighted by atomic mass is 16.5. The van der Waals surface area contributed by atoms with E-state index in [4.69, 9.17) is 10.5 Å². The Bertz CT molecular complexity index is 594. The van der Waals surface area contributed by atoms with Crippen LogP contribution in [0.4, 0.5) is 0 Å². The highest BCUT2D eigenvalue weighted by Gasteiger charge is 2.05. The molecule has 0 radical (unpaired) electrons. The second-order valence-electron chi connectivity index (χ2n) is 4.66. The minimum absolute atomic E-state index is 0.101. The number of amides is 1. The SMILES string of the molecule is CCOc1ccc(C(=O)NCc2cccc(CN)c2)cc1. The molecule has 0 saturated carbocycles. The highest BCUT2D eigenvalue weighted by molar-refractivity contribution is 5.94. The van der Waals surface area contributed by atoms with Crippen LogP contribution in [-0.2, 0) is 13.1 Å². The van der Waals surface area contributed by atoms with Gasteiger partial charge in [-0.05, 0) is 42.3 Å². The maximum Gasteiger partial charge on any atom is 0.251 e. The maximum atomic E-state index is 12.1. The van der Waals surface area contributed by atoms with Crippen LogP contribution in [-0.4, -0.2) is 12.5 Å². The lowest BCUT2D eigenvalue weighted by Gasteiger charge is -2.08. The third-order valence-corrected chi connectivity index (χ3v) is 3.11. The average Bonchev–Trinajstić information content (AvgIpc) is 2.54. The van der Waals surface area contributed by atoms with Gasteiger partial charge in [-0.2, -0.15) is 0 Å². The Morgan fingerprint density at radius 2 is 1.86 bits per heavy atom. The van der Waals surface area contributed by atoms with Crippen LogP contribution in [0.3, 0.4) is 0 Å². The third-order valence-electron chi connectivity index (χ3n) is 3.11. The molecule has 0 bridgehead atoms. The second kappa shape index (κ2) is 7.45. The van der Waals surface area contributed by atoms with Crippen LogP contribution in [0.1, 0.15) is 28.4 Å². The quantitative estimate of drug-likeness (QED) is 0.856. The molecule has 0 unspecified atom stereocenters. The number of rotatable bonds is 6. The molecule has 0 aliphatic heterocycles. The molecule has 2 aromatic carbocycles. The Kier molecular flexibility index (Phi) is 5.35. The summed E-state index contributed by atoms with van der Waals surface area (Å²) < 4.78 is 5.35. The van der Waals surface area contributed by atoms with Gasteiger partial charge in [0.1, 0.15) is 5.75 Å². The van der Waals surface area contributed by atoms with Crippen molar-refractivity contribution in [1.82, 2.24) is 5.32 Å². The Morgan fingerprint density at radius 3 is 2.52 bits per heavy atom. The van der Waals surface area contributed by atoms with Gasteiger partial charge in [-0.3, -0.25) is 4.79 Å². The summed E-state index contributed by atoms with van der Waals surface area (Å²) in [6.07, 6.45) is 0. The van der Waals surface area contributed by atoms with E-state index < -0.39 is 0 Å². The fraction of sp³-hybridized carbons (Fsp3) is 0.235. The lowest BCUT2D eigenvalue weighted by atomic mass is 10.1. The number of benzene rings is 2. The summed E-state index contributed by atoms with van der Waals surface area (Å²) in [4.78, 5) is 12.1. The minimum Gasteiger partial charge on any atom is -0.494 e. The first-order valence-electron chi connectivity index (χ1n) is 7.02. The second-order valence-corrected chi connectivity index (χ2v) is 4.66. The predicted molar refractivity (Wildman–Crippen MR) is 83.1 cm³/mol. The van der Waals surface area contributed by atoms with E-state index in [1.807, 2.05) is 31.2 Å². The van der Waals surface area contributed by atoms with Gasteiger partial charge in [-0.15, -0.1) is 0 Å². The van der Waals surface area contributed by atoms with Gasteiger partial charge in [0.2, 0.25) is 0 Å². The minimum atomic E-state index is -0.101. The summed E-state index contributed by atoms with van der Waals surface area (Å²) in [7, 11) is 0. The number of ether oxygens (including phenoxy) is 1. The molecule has 0 aromatic heterocycles.